The van der Waals surface area contributed by atoms with Gasteiger partial charge in [0.25, 0.3) is 5.91 Å². The molecule has 1 aromatic heterocycles. The Kier molecular flexibility index (Phi) is 4.35. The average molecular weight is 305 g/mol. The van der Waals surface area contributed by atoms with Gasteiger partial charge in [-0.15, -0.1) is 0 Å². The van der Waals surface area contributed by atoms with Gasteiger partial charge in [-0.3, -0.25) is 4.79 Å². The van der Waals surface area contributed by atoms with Crippen LogP contribution in [0.3, 0.4) is 0 Å². The molecule has 0 spiro atoms. The second-order valence-electron chi connectivity index (χ2n) is 4.40. The van der Waals surface area contributed by atoms with Crippen molar-refractivity contribution in [3.63, 3.8) is 0 Å². The van der Waals surface area contributed by atoms with Gasteiger partial charge in [-0.05, 0) is 55.9 Å². The quantitative estimate of drug-likeness (QED) is 0.897. The SMILES string of the molecule is CNS(=O)(=O)c1ccc(C(=O)Nc2cc(C)ccn2)cc1. The second-order valence-corrected chi connectivity index (χ2v) is 6.29. The molecule has 0 aliphatic rings. The third kappa shape index (κ3) is 3.65. The van der Waals surface area contributed by atoms with Crippen molar-refractivity contribution in [1.82, 2.24) is 9.71 Å². The minimum absolute atomic E-state index is 0.107. The molecule has 21 heavy (non-hydrogen) atoms. The van der Waals surface area contributed by atoms with Crippen LogP contribution in [-0.4, -0.2) is 26.4 Å². The number of sulfonamides is 1. The molecule has 0 saturated carbocycles. The van der Waals surface area contributed by atoms with Crippen LogP contribution in [0.4, 0.5) is 5.82 Å². The van der Waals surface area contributed by atoms with Crippen LogP contribution in [0.1, 0.15) is 15.9 Å². The van der Waals surface area contributed by atoms with Gasteiger partial charge in [-0.2, -0.15) is 0 Å². The van der Waals surface area contributed by atoms with E-state index in [9.17, 15) is 13.2 Å². The summed E-state index contributed by atoms with van der Waals surface area (Å²) in [5.74, 6) is 0.105. The molecule has 0 unspecified atom stereocenters. The maximum absolute atomic E-state index is 12.0. The standard InChI is InChI=1S/C14H15N3O3S/c1-10-7-8-16-13(9-10)17-14(18)11-3-5-12(6-4-11)21(19,20)15-2/h3-9,15H,1-2H3,(H,16,17,18). The summed E-state index contributed by atoms with van der Waals surface area (Å²) in [7, 11) is -2.17. The van der Waals surface area contributed by atoms with Gasteiger partial charge in [0.05, 0.1) is 4.90 Å². The maximum Gasteiger partial charge on any atom is 0.256 e. The largest absolute Gasteiger partial charge is 0.307 e. The van der Waals surface area contributed by atoms with Gasteiger partial charge < -0.3 is 5.32 Å². The fraction of sp³-hybridized carbons (Fsp3) is 0.143. The minimum Gasteiger partial charge on any atom is -0.307 e. The van der Waals surface area contributed by atoms with Gasteiger partial charge in [-0.1, -0.05) is 0 Å². The molecule has 0 radical (unpaired) electrons. The summed E-state index contributed by atoms with van der Waals surface area (Å²) in [6.45, 7) is 1.90. The molecule has 2 aromatic rings. The van der Waals surface area contributed by atoms with E-state index in [1.165, 1.54) is 31.3 Å². The average Bonchev–Trinajstić information content (AvgIpc) is 2.47. The van der Waals surface area contributed by atoms with Crippen molar-refractivity contribution >= 4 is 21.7 Å². The van der Waals surface area contributed by atoms with E-state index in [1.54, 1.807) is 12.3 Å². The first-order valence-electron chi connectivity index (χ1n) is 6.20. The highest BCUT2D eigenvalue weighted by Crippen LogP contribution is 2.12. The zero-order chi connectivity index (χ0) is 15.5. The molecule has 1 heterocycles. The van der Waals surface area contributed by atoms with Crippen molar-refractivity contribution in [2.24, 2.45) is 0 Å². The number of nitrogens with zero attached hydrogens (tertiary/aromatic N) is 1. The van der Waals surface area contributed by atoms with E-state index < -0.39 is 10.0 Å². The van der Waals surface area contributed by atoms with Gasteiger partial charge in [0.1, 0.15) is 5.82 Å². The molecule has 0 aliphatic heterocycles. The Hall–Kier alpha value is -2.25. The van der Waals surface area contributed by atoms with Crippen molar-refractivity contribution < 1.29 is 13.2 Å². The number of amides is 1. The highest BCUT2D eigenvalue weighted by molar-refractivity contribution is 7.89. The van der Waals surface area contributed by atoms with Crippen LogP contribution >= 0.6 is 0 Å². The lowest BCUT2D eigenvalue weighted by atomic mass is 10.2. The topological polar surface area (TPSA) is 88.2 Å². The zero-order valence-electron chi connectivity index (χ0n) is 11.6. The first-order chi connectivity index (χ1) is 9.92. The molecule has 0 aliphatic carbocycles. The van der Waals surface area contributed by atoms with E-state index in [2.05, 4.69) is 15.0 Å². The fourth-order valence-corrected chi connectivity index (χ4v) is 2.43. The zero-order valence-corrected chi connectivity index (χ0v) is 12.4. The lowest BCUT2D eigenvalue weighted by Crippen LogP contribution is -2.19. The van der Waals surface area contributed by atoms with Gasteiger partial charge >= 0.3 is 0 Å². The summed E-state index contributed by atoms with van der Waals surface area (Å²) in [6.07, 6.45) is 1.60. The number of hydrogen-bond donors (Lipinski definition) is 2. The molecule has 0 fully saturated rings. The minimum atomic E-state index is -3.50. The van der Waals surface area contributed by atoms with Gasteiger partial charge in [0.15, 0.2) is 0 Å². The second kappa shape index (κ2) is 6.02. The number of nitrogens with one attached hydrogen (secondary N) is 2. The number of benzene rings is 1. The van der Waals surface area contributed by atoms with Crippen molar-refractivity contribution in [2.75, 3.05) is 12.4 Å². The summed E-state index contributed by atoms with van der Waals surface area (Å²) < 4.78 is 25.4. The van der Waals surface area contributed by atoms with E-state index >= 15 is 0 Å². The summed E-state index contributed by atoms with van der Waals surface area (Å²) in [5.41, 5.74) is 1.34. The molecule has 0 bridgehead atoms. The number of aromatic nitrogens is 1. The van der Waals surface area contributed by atoms with E-state index in [0.29, 0.717) is 11.4 Å². The fourth-order valence-electron chi connectivity index (χ4n) is 1.70. The number of pyridine rings is 1. The third-order valence-electron chi connectivity index (χ3n) is 2.85. The van der Waals surface area contributed by atoms with Crippen LogP contribution in [0.5, 0.6) is 0 Å². The van der Waals surface area contributed by atoms with E-state index in [0.717, 1.165) is 5.56 Å². The van der Waals surface area contributed by atoms with Crippen LogP contribution in [0, 0.1) is 6.92 Å². The van der Waals surface area contributed by atoms with Crippen molar-refractivity contribution in [3.05, 3.63) is 53.7 Å². The lowest BCUT2D eigenvalue weighted by molar-refractivity contribution is 0.102. The lowest BCUT2D eigenvalue weighted by Gasteiger charge is -2.06. The predicted molar refractivity (Wildman–Crippen MR) is 79.6 cm³/mol. The van der Waals surface area contributed by atoms with Crippen molar-refractivity contribution in [2.45, 2.75) is 11.8 Å². The Labute approximate surface area is 123 Å². The molecule has 0 saturated heterocycles. The Balaban J connectivity index is 2.17. The Morgan fingerprint density at radius 2 is 1.81 bits per heavy atom. The number of anilines is 1. The smallest absolute Gasteiger partial charge is 0.256 e. The molecule has 2 N–H and O–H groups in total. The van der Waals surface area contributed by atoms with Crippen LogP contribution in [0.2, 0.25) is 0 Å². The normalized spacial score (nSPS) is 11.1. The van der Waals surface area contributed by atoms with Crippen LogP contribution < -0.4 is 10.0 Å². The Morgan fingerprint density at radius 3 is 2.38 bits per heavy atom. The van der Waals surface area contributed by atoms with E-state index in [-0.39, 0.29) is 10.8 Å². The molecule has 110 valence electrons. The van der Waals surface area contributed by atoms with Crippen LogP contribution in [0.15, 0.2) is 47.5 Å². The van der Waals surface area contributed by atoms with E-state index in [1.807, 2.05) is 13.0 Å². The molecule has 1 amide bonds. The Bertz CT molecular complexity index is 755. The molecular weight excluding hydrogens is 290 g/mol. The molecule has 7 heteroatoms. The highest BCUT2D eigenvalue weighted by Gasteiger charge is 2.12. The summed E-state index contributed by atoms with van der Waals surface area (Å²) >= 11 is 0. The van der Waals surface area contributed by atoms with Crippen molar-refractivity contribution in [1.29, 1.82) is 0 Å². The third-order valence-corrected chi connectivity index (χ3v) is 4.28. The summed E-state index contributed by atoms with van der Waals surface area (Å²) in [4.78, 5) is 16.2. The molecule has 6 nitrogen and oxygen atoms in total. The summed E-state index contributed by atoms with van der Waals surface area (Å²) in [5, 5.41) is 2.66. The van der Waals surface area contributed by atoms with E-state index in [4.69, 9.17) is 0 Å². The van der Waals surface area contributed by atoms with Crippen LogP contribution in [0.25, 0.3) is 0 Å². The molecular formula is C14H15N3O3S. The number of aryl methyl sites for hydroxylation is 1. The maximum atomic E-state index is 12.0. The first-order valence-corrected chi connectivity index (χ1v) is 7.68. The molecule has 1 aromatic carbocycles. The first kappa shape index (κ1) is 15.1. The number of carbonyl (C=O) groups is 1. The highest BCUT2D eigenvalue weighted by atomic mass is 32.2. The Morgan fingerprint density at radius 1 is 1.14 bits per heavy atom. The monoisotopic (exact) mass is 305 g/mol. The predicted octanol–water partition coefficient (Wildman–Crippen LogP) is 1.55. The molecule has 0 atom stereocenters. The number of carbonyl (C=O) groups excluding carboxylic acids is 1. The molecule has 2 rings (SSSR count). The van der Waals surface area contributed by atoms with Gasteiger partial charge in [-0.25, -0.2) is 18.1 Å². The van der Waals surface area contributed by atoms with Crippen LogP contribution in [-0.2, 0) is 10.0 Å². The van der Waals surface area contributed by atoms with Gasteiger partial charge in [0, 0.05) is 11.8 Å². The summed E-state index contributed by atoms with van der Waals surface area (Å²) in [6, 6.07) is 9.24. The number of rotatable bonds is 4. The van der Waals surface area contributed by atoms with Crippen molar-refractivity contribution in [3.8, 4) is 0 Å². The number of hydrogen-bond acceptors (Lipinski definition) is 4. The van der Waals surface area contributed by atoms with Gasteiger partial charge in [0.2, 0.25) is 10.0 Å².